The molecule has 0 unspecified atom stereocenters. The number of hydrogen-bond acceptors (Lipinski definition) is 5. The number of carbonyl (C=O) groups excluding carboxylic acids is 1. The molecule has 164 valence electrons. The highest BCUT2D eigenvalue weighted by Gasteiger charge is 2.27. The van der Waals surface area contributed by atoms with Crippen LogP contribution in [0.1, 0.15) is 38.1 Å². The van der Waals surface area contributed by atoms with E-state index < -0.39 is 9.84 Å². The molecule has 7 nitrogen and oxygen atoms in total. The average Bonchev–Trinajstić information content (AvgIpc) is 3.16. The number of anilines is 1. The molecule has 3 aromatic heterocycles. The van der Waals surface area contributed by atoms with E-state index in [2.05, 4.69) is 16.7 Å². The maximum atomic E-state index is 13.5. The van der Waals surface area contributed by atoms with E-state index in [4.69, 9.17) is 0 Å². The van der Waals surface area contributed by atoms with Gasteiger partial charge in [-0.1, -0.05) is 38.1 Å². The van der Waals surface area contributed by atoms with Crippen LogP contribution in [0.2, 0.25) is 0 Å². The van der Waals surface area contributed by atoms with Crippen LogP contribution in [-0.2, 0) is 9.84 Å². The number of pyridine rings is 2. The number of hydrogen-bond donors (Lipinski definition) is 0. The SMILES string of the molecule is C=C(C=C(C)C)CN(C(=O)c1cnn2ccccc12)c1cccnc1S(C)(=O)=O.CC. The Kier molecular flexibility index (Phi) is 7.88. The number of rotatable bonds is 6. The molecule has 0 saturated heterocycles. The fourth-order valence-corrected chi connectivity index (χ4v) is 3.85. The normalized spacial score (nSPS) is 10.7. The van der Waals surface area contributed by atoms with Crippen LogP contribution < -0.4 is 4.90 Å². The van der Waals surface area contributed by atoms with Crippen molar-refractivity contribution in [3.63, 3.8) is 0 Å². The molecule has 31 heavy (non-hydrogen) atoms. The standard InChI is InChI=1S/C21H22N4O3S.C2H6/c1-15(2)12-16(3)14-24(19-9-7-10-22-20(19)29(4,27)28)21(26)17-13-23-25-11-6-5-8-18(17)25;1-2/h5-13H,3,14H2,1-2,4H3;1-2H3. The second-order valence-corrected chi connectivity index (χ2v) is 8.89. The average molecular weight is 441 g/mol. The summed E-state index contributed by atoms with van der Waals surface area (Å²) in [6.45, 7) is 12.0. The molecule has 0 saturated carbocycles. The van der Waals surface area contributed by atoms with Crippen LogP contribution >= 0.6 is 0 Å². The largest absolute Gasteiger partial charge is 0.301 e. The quantitative estimate of drug-likeness (QED) is 0.533. The van der Waals surface area contributed by atoms with Gasteiger partial charge in [0.25, 0.3) is 5.91 Å². The number of nitrogens with zero attached hydrogens (tertiary/aromatic N) is 4. The van der Waals surface area contributed by atoms with E-state index in [-0.39, 0.29) is 23.2 Å². The molecule has 0 atom stereocenters. The summed E-state index contributed by atoms with van der Waals surface area (Å²) in [5, 5.41) is 4.06. The Morgan fingerprint density at radius 2 is 1.90 bits per heavy atom. The summed E-state index contributed by atoms with van der Waals surface area (Å²) in [5.74, 6) is -0.382. The predicted molar refractivity (Wildman–Crippen MR) is 124 cm³/mol. The molecular formula is C23H28N4O3S. The van der Waals surface area contributed by atoms with Crippen LogP contribution in [0.5, 0.6) is 0 Å². The summed E-state index contributed by atoms with van der Waals surface area (Å²) in [4.78, 5) is 18.9. The molecule has 1 amide bonds. The molecule has 0 fully saturated rings. The summed E-state index contributed by atoms with van der Waals surface area (Å²) in [5.41, 5.74) is 2.88. The second-order valence-electron chi connectivity index (χ2n) is 6.96. The van der Waals surface area contributed by atoms with E-state index in [9.17, 15) is 13.2 Å². The zero-order chi connectivity index (χ0) is 23.2. The van der Waals surface area contributed by atoms with E-state index >= 15 is 0 Å². The van der Waals surface area contributed by atoms with Crippen LogP contribution in [0, 0.1) is 0 Å². The van der Waals surface area contributed by atoms with Crippen LogP contribution in [-0.4, -0.2) is 41.7 Å². The van der Waals surface area contributed by atoms with E-state index in [1.165, 1.54) is 17.3 Å². The summed E-state index contributed by atoms with van der Waals surface area (Å²) in [6, 6.07) is 8.58. The minimum absolute atomic E-state index is 0.113. The zero-order valence-corrected chi connectivity index (χ0v) is 19.3. The van der Waals surface area contributed by atoms with Gasteiger partial charge in [-0.25, -0.2) is 17.9 Å². The Balaban J connectivity index is 0.00000166. The van der Waals surface area contributed by atoms with Crippen molar-refractivity contribution in [2.45, 2.75) is 32.7 Å². The monoisotopic (exact) mass is 440 g/mol. The van der Waals surface area contributed by atoms with Gasteiger partial charge in [-0.05, 0) is 43.7 Å². The summed E-state index contributed by atoms with van der Waals surface area (Å²) in [6.07, 6.45) is 7.53. The molecule has 3 aromatic rings. The first-order valence-electron chi connectivity index (χ1n) is 9.90. The first-order chi connectivity index (χ1) is 14.7. The second kappa shape index (κ2) is 10.2. The third-order valence-electron chi connectivity index (χ3n) is 4.15. The number of aromatic nitrogens is 3. The molecule has 0 spiro atoms. The maximum absolute atomic E-state index is 13.5. The number of carbonyl (C=O) groups is 1. The lowest BCUT2D eigenvalue weighted by molar-refractivity contribution is 0.0990. The minimum Gasteiger partial charge on any atom is -0.301 e. The van der Waals surface area contributed by atoms with E-state index in [1.807, 2.05) is 45.9 Å². The van der Waals surface area contributed by atoms with Crippen molar-refractivity contribution in [1.82, 2.24) is 14.6 Å². The molecule has 3 rings (SSSR count). The van der Waals surface area contributed by atoms with Gasteiger partial charge in [0.05, 0.1) is 29.5 Å². The van der Waals surface area contributed by atoms with Gasteiger partial charge >= 0.3 is 0 Å². The number of sulfone groups is 1. The Bertz CT molecular complexity index is 1220. The lowest BCUT2D eigenvalue weighted by atomic mass is 10.1. The van der Waals surface area contributed by atoms with Gasteiger partial charge in [0, 0.05) is 18.6 Å². The fourth-order valence-electron chi connectivity index (χ4n) is 3.04. The molecule has 0 radical (unpaired) electrons. The van der Waals surface area contributed by atoms with Crippen LogP contribution in [0.4, 0.5) is 5.69 Å². The molecule has 0 bridgehead atoms. The smallest absolute Gasteiger partial charge is 0.262 e. The number of allylic oxidation sites excluding steroid dienone is 1. The van der Waals surface area contributed by atoms with Crippen molar-refractivity contribution in [3.05, 3.63) is 78.3 Å². The molecule has 0 aromatic carbocycles. The van der Waals surface area contributed by atoms with Crippen molar-refractivity contribution >= 4 is 26.9 Å². The molecule has 3 heterocycles. The van der Waals surface area contributed by atoms with E-state index in [1.54, 1.807) is 28.9 Å². The lowest BCUT2D eigenvalue weighted by Gasteiger charge is -2.24. The highest BCUT2D eigenvalue weighted by atomic mass is 32.2. The van der Waals surface area contributed by atoms with Crippen molar-refractivity contribution in [1.29, 1.82) is 0 Å². The lowest BCUT2D eigenvalue weighted by Crippen LogP contribution is -2.34. The van der Waals surface area contributed by atoms with Crippen molar-refractivity contribution in [2.75, 3.05) is 17.7 Å². The van der Waals surface area contributed by atoms with Crippen molar-refractivity contribution < 1.29 is 13.2 Å². The van der Waals surface area contributed by atoms with Gasteiger partial charge in [-0.2, -0.15) is 5.10 Å². The maximum Gasteiger partial charge on any atom is 0.262 e. The predicted octanol–water partition coefficient (Wildman–Crippen LogP) is 4.33. The van der Waals surface area contributed by atoms with Gasteiger partial charge in [0.1, 0.15) is 0 Å². The molecule has 0 N–H and O–H groups in total. The highest BCUT2D eigenvalue weighted by molar-refractivity contribution is 7.90. The summed E-state index contributed by atoms with van der Waals surface area (Å²) >= 11 is 0. The topological polar surface area (TPSA) is 84.6 Å². The fraction of sp³-hybridized carbons (Fsp3) is 0.261. The Labute approximate surface area is 183 Å². The van der Waals surface area contributed by atoms with Crippen LogP contribution in [0.15, 0.2) is 77.7 Å². The van der Waals surface area contributed by atoms with Crippen molar-refractivity contribution in [3.8, 4) is 0 Å². The summed E-state index contributed by atoms with van der Waals surface area (Å²) in [7, 11) is -3.65. The van der Waals surface area contributed by atoms with Crippen LogP contribution in [0.25, 0.3) is 5.52 Å². The third kappa shape index (κ3) is 5.67. The third-order valence-corrected chi connectivity index (χ3v) is 5.17. The van der Waals surface area contributed by atoms with Crippen LogP contribution in [0.3, 0.4) is 0 Å². The van der Waals surface area contributed by atoms with E-state index in [0.29, 0.717) is 16.7 Å². The van der Waals surface area contributed by atoms with Gasteiger partial charge in [-0.15, -0.1) is 0 Å². The molecule has 8 heteroatoms. The first kappa shape index (κ1) is 24.0. The molecule has 0 aliphatic carbocycles. The molecule has 0 aliphatic rings. The Hall–Kier alpha value is -3.26. The van der Waals surface area contributed by atoms with Gasteiger partial charge in [0.2, 0.25) is 0 Å². The minimum atomic E-state index is -3.65. The van der Waals surface area contributed by atoms with Gasteiger partial charge < -0.3 is 4.90 Å². The van der Waals surface area contributed by atoms with Gasteiger partial charge in [-0.3, -0.25) is 4.79 Å². The Morgan fingerprint density at radius 3 is 2.55 bits per heavy atom. The first-order valence-corrected chi connectivity index (χ1v) is 11.8. The summed E-state index contributed by atoms with van der Waals surface area (Å²) < 4.78 is 26.2. The van der Waals surface area contributed by atoms with E-state index in [0.717, 1.165) is 11.8 Å². The van der Waals surface area contributed by atoms with Gasteiger partial charge in [0.15, 0.2) is 14.9 Å². The zero-order valence-electron chi connectivity index (χ0n) is 18.5. The Morgan fingerprint density at radius 1 is 1.19 bits per heavy atom. The van der Waals surface area contributed by atoms with Crippen molar-refractivity contribution in [2.24, 2.45) is 0 Å². The molecular weight excluding hydrogens is 412 g/mol. The molecule has 0 aliphatic heterocycles. The highest BCUT2D eigenvalue weighted by Crippen LogP contribution is 2.26. The number of fused-ring (bicyclic) bond motifs is 1. The number of amides is 1.